The van der Waals surface area contributed by atoms with Gasteiger partial charge in [-0.1, -0.05) is 0 Å². The summed E-state index contributed by atoms with van der Waals surface area (Å²) in [6, 6.07) is 0.813. The number of methoxy groups -OCH3 is 1. The van der Waals surface area contributed by atoms with Crippen molar-refractivity contribution >= 4 is 5.95 Å². The van der Waals surface area contributed by atoms with Gasteiger partial charge in [0.25, 0.3) is 0 Å². The third-order valence-corrected chi connectivity index (χ3v) is 2.45. The predicted molar refractivity (Wildman–Crippen MR) is 68.8 cm³/mol. The summed E-state index contributed by atoms with van der Waals surface area (Å²) in [5, 5.41) is 2.66. The minimum Gasteiger partial charge on any atom is -0.479 e. The van der Waals surface area contributed by atoms with Crippen LogP contribution in [0.4, 0.5) is 19.1 Å². The minimum absolute atomic E-state index is 0.0155. The molecule has 0 saturated carbocycles. The summed E-state index contributed by atoms with van der Waals surface area (Å²) >= 11 is 0. The van der Waals surface area contributed by atoms with Crippen molar-refractivity contribution in [3.05, 3.63) is 24.2 Å². The summed E-state index contributed by atoms with van der Waals surface area (Å²) < 4.78 is 43.7. The molecule has 112 valence electrons. The highest BCUT2D eigenvalue weighted by molar-refractivity contribution is 5.61. The van der Waals surface area contributed by atoms with E-state index in [-0.39, 0.29) is 23.2 Å². The Kier molecular flexibility index (Phi) is 4.20. The van der Waals surface area contributed by atoms with E-state index in [1.165, 1.54) is 19.5 Å². The number of nitrogens with one attached hydrogen (secondary N) is 1. The molecular weight excluding hydrogens is 287 g/mol. The van der Waals surface area contributed by atoms with E-state index in [2.05, 4.69) is 25.3 Å². The molecule has 0 aliphatic carbocycles. The number of hydrogen-bond acceptors (Lipinski definition) is 6. The molecule has 2 aromatic rings. The average molecular weight is 299 g/mol. The maximum Gasteiger partial charge on any atom is 0.433 e. The molecule has 2 heterocycles. The molecule has 0 aliphatic heterocycles. The molecule has 0 aliphatic rings. The fourth-order valence-electron chi connectivity index (χ4n) is 1.60. The first kappa shape index (κ1) is 14.9. The van der Waals surface area contributed by atoms with E-state index < -0.39 is 11.9 Å². The number of aromatic nitrogens is 4. The van der Waals surface area contributed by atoms with E-state index in [9.17, 15) is 13.2 Å². The summed E-state index contributed by atoms with van der Waals surface area (Å²) in [5.41, 5.74) is -0.957. The van der Waals surface area contributed by atoms with Crippen molar-refractivity contribution < 1.29 is 17.9 Å². The Bertz CT molecular complexity index is 633. The molecule has 0 radical (unpaired) electrons. The lowest BCUT2D eigenvalue weighted by molar-refractivity contribution is -0.141. The van der Waals surface area contributed by atoms with Gasteiger partial charge in [-0.2, -0.15) is 13.2 Å². The van der Waals surface area contributed by atoms with Crippen LogP contribution in [0.25, 0.3) is 11.4 Å². The molecule has 6 nitrogen and oxygen atoms in total. The monoisotopic (exact) mass is 299 g/mol. The quantitative estimate of drug-likeness (QED) is 0.934. The predicted octanol–water partition coefficient (Wildman–Crippen LogP) is 2.39. The lowest BCUT2D eigenvalue weighted by atomic mass is 10.2. The maximum absolute atomic E-state index is 12.9. The second-order valence-corrected chi connectivity index (χ2v) is 3.90. The van der Waals surface area contributed by atoms with Crippen molar-refractivity contribution in [3.8, 4) is 17.3 Å². The van der Waals surface area contributed by atoms with Crippen LogP contribution in [-0.4, -0.2) is 33.6 Å². The number of nitrogens with zero attached hydrogens (tertiary/aromatic N) is 4. The number of rotatable bonds is 4. The normalized spacial score (nSPS) is 11.3. The largest absolute Gasteiger partial charge is 0.479 e. The molecule has 0 aromatic carbocycles. The van der Waals surface area contributed by atoms with Gasteiger partial charge in [0.2, 0.25) is 11.8 Å². The Balaban J connectivity index is 2.59. The van der Waals surface area contributed by atoms with Gasteiger partial charge in [-0.15, -0.1) is 0 Å². The van der Waals surface area contributed by atoms with E-state index in [1.807, 2.05) is 0 Å². The molecular formula is C12H12F3N5O. The number of anilines is 1. The van der Waals surface area contributed by atoms with Crippen LogP contribution in [0.3, 0.4) is 0 Å². The lowest BCUT2D eigenvalue weighted by Gasteiger charge is -2.11. The Morgan fingerprint density at radius 2 is 1.90 bits per heavy atom. The zero-order chi connectivity index (χ0) is 15.5. The topological polar surface area (TPSA) is 72.8 Å². The van der Waals surface area contributed by atoms with E-state index in [0.29, 0.717) is 6.54 Å². The molecule has 0 bridgehead atoms. The average Bonchev–Trinajstić information content (AvgIpc) is 2.46. The fraction of sp³-hybridized carbons (Fsp3) is 0.333. The van der Waals surface area contributed by atoms with Crippen LogP contribution in [0, 0.1) is 0 Å². The van der Waals surface area contributed by atoms with E-state index >= 15 is 0 Å². The zero-order valence-corrected chi connectivity index (χ0v) is 11.3. The maximum atomic E-state index is 12.9. The molecule has 0 saturated heterocycles. The number of halogens is 3. The molecule has 0 unspecified atom stereocenters. The highest BCUT2D eigenvalue weighted by Gasteiger charge is 2.34. The highest BCUT2D eigenvalue weighted by Crippen LogP contribution is 2.32. The smallest absolute Gasteiger partial charge is 0.433 e. The van der Waals surface area contributed by atoms with Crippen LogP contribution in [-0.2, 0) is 6.18 Å². The second kappa shape index (κ2) is 5.90. The molecule has 9 heteroatoms. The van der Waals surface area contributed by atoms with E-state index in [1.54, 1.807) is 6.92 Å². The van der Waals surface area contributed by atoms with Crippen molar-refractivity contribution in [2.75, 3.05) is 19.0 Å². The first-order valence-electron chi connectivity index (χ1n) is 6.01. The first-order valence-corrected chi connectivity index (χ1v) is 6.01. The standard InChI is InChI=1S/C12H12F3N5O/c1-3-16-11-19-7(6-8(20-11)12(13,14)15)9-10(21-2)18-5-4-17-9/h4-6H,3H2,1-2H3,(H,16,19,20). The van der Waals surface area contributed by atoms with Gasteiger partial charge >= 0.3 is 6.18 Å². The van der Waals surface area contributed by atoms with Gasteiger partial charge < -0.3 is 10.1 Å². The molecule has 0 atom stereocenters. The van der Waals surface area contributed by atoms with Gasteiger partial charge in [0.15, 0.2) is 11.4 Å². The van der Waals surface area contributed by atoms with Crippen LogP contribution in [0.2, 0.25) is 0 Å². The van der Waals surface area contributed by atoms with Crippen LogP contribution < -0.4 is 10.1 Å². The van der Waals surface area contributed by atoms with Crippen LogP contribution >= 0.6 is 0 Å². The molecule has 0 fully saturated rings. The van der Waals surface area contributed by atoms with Gasteiger partial charge in [-0.25, -0.2) is 19.9 Å². The molecule has 0 amide bonds. The van der Waals surface area contributed by atoms with Crippen molar-refractivity contribution in [3.63, 3.8) is 0 Å². The van der Waals surface area contributed by atoms with Crippen LogP contribution in [0.15, 0.2) is 18.5 Å². The third kappa shape index (κ3) is 3.36. The number of hydrogen-bond donors (Lipinski definition) is 1. The van der Waals surface area contributed by atoms with Crippen LogP contribution in [0.5, 0.6) is 5.88 Å². The zero-order valence-electron chi connectivity index (χ0n) is 11.3. The van der Waals surface area contributed by atoms with Crippen molar-refractivity contribution in [2.24, 2.45) is 0 Å². The molecule has 21 heavy (non-hydrogen) atoms. The minimum atomic E-state index is -4.59. The highest BCUT2D eigenvalue weighted by atomic mass is 19.4. The van der Waals surface area contributed by atoms with E-state index in [4.69, 9.17) is 4.74 Å². The second-order valence-electron chi connectivity index (χ2n) is 3.90. The van der Waals surface area contributed by atoms with Gasteiger partial charge in [0.1, 0.15) is 5.69 Å². The summed E-state index contributed by atoms with van der Waals surface area (Å²) in [4.78, 5) is 15.3. The van der Waals surface area contributed by atoms with Gasteiger partial charge in [-0.3, -0.25) is 0 Å². The van der Waals surface area contributed by atoms with E-state index in [0.717, 1.165) is 6.07 Å². The number of ether oxygens (including phenoxy) is 1. The van der Waals surface area contributed by atoms with Crippen LogP contribution in [0.1, 0.15) is 12.6 Å². The lowest BCUT2D eigenvalue weighted by Crippen LogP contribution is -2.13. The summed E-state index contributed by atoms with van der Waals surface area (Å²) in [7, 11) is 1.35. The summed E-state index contributed by atoms with van der Waals surface area (Å²) in [5.74, 6) is -0.0400. The third-order valence-electron chi connectivity index (χ3n) is 2.45. The Hall–Kier alpha value is -2.45. The number of alkyl halides is 3. The fourth-order valence-corrected chi connectivity index (χ4v) is 1.60. The Labute approximate surface area is 118 Å². The first-order chi connectivity index (χ1) is 9.95. The van der Waals surface area contributed by atoms with Crippen molar-refractivity contribution in [1.29, 1.82) is 0 Å². The van der Waals surface area contributed by atoms with Gasteiger partial charge in [0, 0.05) is 18.9 Å². The summed E-state index contributed by atoms with van der Waals surface area (Å²) in [6.45, 7) is 2.12. The SMILES string of the molecule is CCNc1nc(-c2nccnc2OC)cc(C(F)(F)F)n1. The molecule has 1 N–H and O–H groups in total. The Morgan fingerprint density at radius 1 is 1.19 bits per heavy atom. The Morgan fingerprint density at radius 3 is 2.52 bits per heavy atom. The van der Waals surface area contributed by atoms with Gasteiger partial charge in [-0.05, 0) is 13.0 Å². The molecule has 2 rings (SSSR count). The molecule has 2 aromatic heterocycles. The van der Waals surface area contributed by atoms with Crippen molar-refractivity contribution in [1.82, 2.24) is 19.9 Å². The van der Waals surface area contributed by atoms with Gasteiger partial charge in [0.05, 0.1) is 7.11 Å². The molecule has 0 spiro atoms. The van der Waals surface area contributed by atoms with Crippen molar-refractivity contribution in [2.45, 2.75) is 13.1 Å². The summed E-state index contributed by atoms with van der Waals surface area (Å²) in [6.07, 6.45) is -1.86.